The van der Waals surface area contributed by atoms with Crippen molar-refractivity contribution in [1.29, 1.82) is 0 Å². The second-order valence-electron chi connectivity index (χ2n) is 8.21. The van der Waals surface area contributed by atoms with E-state index in [2.05, 4.69) is 0 Å². The number of nitrogens with zero attached hydrogens (tertiary/aromatic N) is 1. The zero-order valence-electron chi connectivity index (χ0n) is 17.3. The van der Waals surface area contributed by atoms with Crippen LogP contribution in [0.3, 0.4) is 0 Å². The van der Waals surface area contributed by atoms with Crippen LogP contribution in [-0.2, 0) is 30.7 Å². The Hall–Kier alpha value is -1.61. The highest BCUT2D eigenvalue weighted by molar-refractivity contribution is 7.90. The molecule has 0 radical (unpaired) electrons. The van der Waals surface area contributed by atoms with E-state index in [1.54, 1.807) is 0 Å². The van der Waals surface area contributed by atoms with Crippen molar-refractivity contribution in [3.8, 4) is 0 Å². The lowest BCUT2D eigenvalue weighted by atomic mass is 9.81. The van der Waals surface area contributed by atoms with Crippen LogP contribution in [-0.4, -0.2) is 62.2 Å². The Kier molecular flexibility index (Phi) is 6.81. The predicted octanol–water partition coefficient (Wildman–Crippen LogP) is 2.47. The molecular formula is C21H26ClNO6S. The highest BCUT2D eigenvalue weighted by Crippen LogP contribution is 2.33. The second-order valence-corrected chi connectivity index (χ2v) is 10.6. The number of rotatable bonds is 5. The van der Waals surface area contributed by atoms with E-state index in [-0.39, 0.29) is 47.1 Å². The largest absolute Gasteiger partial charge is 0.373 e. The molecule has 0 N–H and O–H groups in total. The minimum absolute atomic E-state index is 0.0131. The standard InChI is InChI=1S/C21H26ClNO6S/c1-12-9-23(10-13(2)29-12)11-15-18(30(3,27)28)8-7-14(20(15)22)21(26)19-16(24)5-4-6-17(19)25/h7-8,12-13,19H,4-6,9-11H2,1-3H3. The summed E-state index contributed by atoms with van der Waals surface area (Å²) >= 11 is 6.56. The van der Waals surface area contributed by atoms with Gasteiger partial charge in [0.25, 0.3) is 0 Å². The topological polar surface area (TPSA) is 97.8 Å². The molecule has 2 fully saturated rings. The van der Waals surface area contributed by atoms with Crippen molar-refractivity contribution in [1.82, 2.24) is 4.90 Å². The van der Waals surface area contributed by atoms with Gasteiger partial charge in [0.2, 0.25) is 0 Å². The van der Waals surface area contributed by atoms with Crippen LogP contribution in [0.5, 0.6) is 0 Å². The van der Waals surface area contributed by atoms with Crippen LogP contribution in [0.1, 0.15) is 49.0 Å². The van der Waals surface area contributed by atoms with Gasteiger partial charge in [-0.25, -0.2) is 8.42 Å². The number of ether oxygens (including phenoxy) is 1. The lowest BCUT2D eigenvalue weighted by Crippen LogP contribution is -2.45. The summed E-state index contributed by atoms with van der Waals surface area (Å²) in [4.78, 5) is 39.6. The Morgan fingerprint density at radius 2 is 1.70 bits per heavy atom. The average Bonchev–Trinajstić information content (AvgIpc) is 2.61. The average molecular weight is 456 g/mol. The SMILES string of the molecule is CC1CN(Cc2c(S(C)(=O)=O)ccc(C(=O)C3C(=O)CCCC3=O)c2Cl)CC(C)O1. The molecule has 1 saturated carbocycles. The summed E-state index contributed by atoms with van der Waals surface area (Å²) in [7, 11) is -3.61. The quantitative estimate of drug-likeness (QED) is 0.496. The fourth-order valence-corrected chi connectivity index (χ4v) is 5.58. The van der Waals surface area contributed by atoms with Gasteiger partial charge in [-0.15, -0.1) is 0 Å². The van der Waals surface area contributed by atoms with Gasteiger partial charge < -0.3 is 4.74 Å². The van der Waals surface area contributed by atoms with Gasteiger partial charge in [-0.3, -0.25) is 19.3 Å². The molecule has 3 rings (SSSR count). The number of Topliss-reactive ketones (excluding diaryl/α,β-unsaturated/α-hetero) is 3. The molecule has 0 spiro atoms. The van der Waals surface area contributed by atoms with E-state index >= 15 is 0 Å². The molecule has 2 aliphatic rings. The summed E-state index contributed by atoms with van der Waals surface area (Å²) in [6.07, 6.45) is 1.83. The van der Waals surface area contributed by atoms with E-state index in [1.165, 1.54) is 12.1 Å². The van der Waals surface area contributed by atoms with Gasteiger partial charge in [0.05, 0.1) is 22.1 Å². The monoisotopic (exact) mass is 455 g/mol. The fourth-order valence-electron chi connectivity index (χ4n) is 4.28. The molecule has 1 aromatic rings. The Morgan fingerprint density at radius 1 is 1.13 bits per heavy atom. The van der Waals surface area contributed by atoms with Crippen molar-refractivity contribution in [3.63, 3.8) is 0 Å². The zero-order valence-corrected chi connectivity index (χ0v) is 18.9. The zero-order chi connectivity index (χ0) is 22.2. The summed E-state index contributed by atoms with van der Waals surface area (Å²) in [6, 6.07) is 2.65. The third kappa shape index (κ3) is 4.82. The smallest absolute Gasteiger partial charge is 0.182 e. The summed E-state index contributed by atoms with van der Waals surface area (Å²) in [5.41, 5.74) is 0.323. The van der Waals surface area contributed by atoms with Crippen molar-refractivity contribution in [2.45, 2.75) is 56.8 Å². The molecule has 1 saturated heterocycles. The Morgan fingerprint density at radius 3 is 2.23 bits per heavy atom. The Bertz CT molecular complexity index is 963. The minimum atomic E-state index is -3.61. The number of halogens is 1. The van der Waals surface area contributed by atoms with Gasteiger partial charge in [0.15, 0.2) is 27.2 Å². The molecule has 30 heavy (non-hydrogen) atoms. The number of hydrogen-bond acceptors (Lipinski definition) is 7. The van der Waals surface area contributed by atoms with Gasteiger partial charge in [-0.1, -0.05) is 11.6 Å². The maximum absolute atomic E-state index is 13.0. The van der Waals surface area contributed by atoms with Crippen LogP contribution in [0.25, 0.3) is 0 Å². The van der Waals surface area contributed by atoms with E-state index in [1.807, 2.05) is 18.7 Å². The molecule has 0 bridgehead atoms. The molecule has 1 aliphatic carbocycles. The van der Waals surface area contributed by atoms with Gasteiger partial charge >= 0.3 is 0 Å². The summed E-state index contributed by atoms with van der Waals surface area (Å²) in [5, 5.41) is -0.0131. The molecular weight excluding hydrogens is 430 g/mol. The molecule has 1 heterocycles. The van der Waals surface area contributed by atoms with E-state index in [9.17, 15) is 22.8 Å². The lowest BCUT2D eigenvalue weighted by Gasteiger charge is -2.35. The first-order chi connectivity index (χ1) is 14.0. The van der Waals surface area contributed by atoms with Gasteiger partial charge in [0, 0.05) is 49.9 Å². The molecule has 1 aromatic carbocycles. The van der Waals surface area contributed by atoms with Crippen LogP contribution in [0, 0.1) is 5.92 Å². The van der Waals surface area contributed by atoms with Crippen molar-refractivity contribution in [2.75, 3.05) is 19.3 Å². The van der Waals surface area contributed by atoms with E-state index in [0.717, 1.165) is 6.26 Å². The third-order valence-corrected chi connectivity index (χ3v) is 7.11. The third-order valence-electron chi connectivity index (χ3n) is 5.49. The van der Waals surface area contributed by atoms with Crippen molar-refractivity contribution in [2.24, 2.45) is 5.92 Å². The first-order valence-corrected chi connectivity index (χ1v) is 12.2. The molecule has 2 atom stereocenters. The lowest BCUT2D eigenvalue weighted by molar-refractivity contribution is -0.133. The predicted molar refractivity (Wildman–Crippen MR) is 112 cm³/mol. The normalized spacial score (nSPS) is 24.3. The Balaban J connectivity index is 2.02. The van der Waals surface area contributed by atoms with Crippen LogP contribution in [0.15, 0.2) is 17.0 Å². The summed E-state index contributed by atoms with van der Waals surface area (Å²) < 4.78 is 30.5. The first kappa shape index (κ1) is 23.1. The number of carbonyl (C=O) groups excluding carboxylic acids is 3. The van der Waals surface area contributed by atoms with Crippen LogP contribution in [0.2, 0.25) is 5.02 Å². The number of benzene rings is 1. The molecule has 2 unspecified atom stereocenters. The maximum atomic E-state index is 13.0. The summed E-state index contributed by atoms with van der Waals surface area (Å²) in [6.45, 7) is 5.25. The van der Waals surface area contributed by atoms with E-state index in [0.29, 0.717) is 25.1 Å². The number of hydrogen-bond donors (Lipinski definition) is 0. The van der Waals surface area contributed by atoms with E-state index in [4.69, 9.17) is 16.3 Å². The number of morpholine rings is 1. The molecule has 9 heteroatoms. The van der Waals surface area contributed by atoms with Crippen molar-refractivity contribution < 1.29 is 27.5 Å². The first-order valence-electron chi connectivity index (χ1n) is 9.98. The van der Waals surface area contributed by atoms with Gasteiger partial charge in [0.1, 0.15) is 5.92 Å². The van der Waals surface area contributed by atoms with Crippen molar-refractivity contribution in [3.05, 3.63) is 28.3 Å². The van der Waals surface area contributed by atoms with Crippen LogP contribution < -0.4 is 0 Å². The molecule has 1 aliphatic heterocycles. The second kappa shape index (κ2) is 8.86. The van der Waals surface area contributed by atoms with Crippen LogP contribution in [0.4, 0.5) is 0 Å². The highest BCUT2D eigenvalue weighted by Gasteiger charge is 2.38. The maximum Gasteiger partial charge on any atom is 0.182 e. The number of ketones is 3. The minimum Gasteiger partial charge on any atom is -0.373 e. The molecule has 0 amide bonds. The number of sulfone groups is 1. The molecule has 0 aromatic heterocycles. The van der Waals surface area contributed by atoms with Crippen molar-refractivity contribution >= 4 is 38.8 Å². The van der Waals surface area contributed by atoms with Gasteiger partial charge in [-0.05, 0) is 32.4 Å². The highest BCUT2D eigenvalue weighted by atomic mass is 35.5. The molecule has 7 nitrogen and oxygen atoms in total. The van der Waals surface area contributed by atoms with E-state index < -0.39 is 33.1 Å². The molecule has 164 valence electrons. The number of carbonyl (C=O) groups is 3. The Labute approximate surface area is 181 Å². The summed E-state index contributed by atoms with van der Waals surface area (Å²) in [5.74, 6) is -2.81. The van der Waals surface area contributed by atoms with Crippen LogP contribution >= 0.6 is 11.6 Å². The van der Waals surface area contributed by atoms with Gasteiger partial charge in [-0.2, -0.15) is 0 Å². The fraction of sp³-hybridized carbons (Fsp3) is 0.571.